The number of hydrogen-bond donors (Lipinski definition) is 1. The van der Waals surface area contributed by atoms with E-state index in [4.69, 9.17) is 0 Å². The quantitative estimate of drug-likeness (QED) is 0.872. The monoisotopic (exact) mass is 256 g/mol. The van der Waals surface area contributed by atoms with E-state index in [-0.39, 0.29) is 0 Å². The highest BCUT2D eigenvalue weighted by Gasteiger charge is 2.20. The van der Waals surface area contributed by atoms with Crippen LogP contribution in [0.15, 0.2) is 12.1 Å². The lowest BCUT2D eigenvalue weighted by Crippen LogP contribution is -2.11. The first kappa shape index (κ1) is 12.7. The number of aromatic nitrogens is 1. The Morgan fingerprint density at radius 1 is 1.26 bits per heavy atom. The summed E-state index contributed by atoms with van der Waals surface area (Å²) in [4.78, 5) is 0. The maximum Gasteiger partial charge on any atom is 0.0488 e. The minimum Gasteiger partial charge on any atom is -0.348 e. The molecule has 0 saturated carbocycles. The highest BCUT2D eigenvalue weighted by Crippen LogP contribution is 2.31. The Kier molecular flexibility index (Phi) is 3.14. The predicted molar refractivity (Wildman–Crippen MR) is 81.8 cm³/mol. The van der Waals surface area contributed by atoms with Crippen molar-refractivity contribution >= 4 is 10.9 Å². The molecular formula is C17H24N2. The fraction of sp³-hybridized carbons (Fsp3) is 0.529. The fourth-order valence-electron chi connectivity index (χ4n) is 3.59. The van der Waals surface area contributed by atoms with Crippen molar-refractivity contribution in [2.45, 2.75) is 33.6 Å². The van der Waals surface area contributed by atoms with Gasteiger partial charge in [-0.2, -0.15) is 0 Å². The smallest absolute Gasteiger partial charge is 0.0488 e. The molecular weight excluding hydrogens is 232 g/mol. The van der Waals surface area contributed by atoms with Gasteiger partial charge >= 0.3 is 0 Å². The van der Waals surface area contributed by atoms with Crippen LogP contribution in [0, 0.1) is 26.7 Å². The van der Waals surface area contributed by atoms with Gasteiger partial charge in [-0.15, -0.1) is 0 Å². The van der Waals surface area contributed by atoms with E-state index < -0.39 is 0 Å². The third kappa shape index (κ3) is 2.08. The van der Waals surface area contributed by atoms with Crippen molar-refractivity contribution in [1.29, 1.82) is 0 Å². The van der Waals surface area contributed by atoms with Gasteiger partial charge in [0, 0.05) is 23.6 Å². The van der Waals surface area contributed by atoms with E-state index in [1.54, 1.807) is 5.56 Å². The first-order chi connectivity index (χ1) is 9.08. The fourth-order valence-corrected chi connectivity index (χ4v) is 3.59. The van der Waals surface area contributed by atoms with Gasteiger partial charge in [0.1, 0.15) is 0 Å². The minimum atomic E-state index is 0.810. The first-order valence-corrected chi connectivity index (χ1v) is 7.33. The molecule has 19 heavy (non-hydrogen) atoms. The molecule has 0 radical (unpaired) electrons. The Balaban J connectivity index is 2.14. The summed E-state index contributed by atoms with van der Waals surface area (Å²) in [6, 6.07) is 4.64. The van der Waals surface area contributed by atoms with Crippen molar-refractivity contribution in [3.63, 3.8) is 0 Å². The van der Waals surface area contributed by atoms with E-state index in [0.29, 0.717) is 0 Å². The van der Waals surface area contributed by atoms with E-state index in [2.05, 4.69) is 49.8 Å². The lowest BCUT2D eigenvalue weighted by Gasteiger charge is -2.10. The van der Waals surface area contributed by atoms with Gasteiger partial charge < -0.3 is 9.88 Å². The van der Waals surface area contributed by atoms with E-state index in [9.17, 15) is 0 Å². The van der Waals surface area contributed by atoms with Gasteiger partial charge in [-0.3, -0.25) is 0 Å². The van der Waals surface area contributed by atoms with Gasteiger partial charge in [-0.25, -0.2) is 0 Å². The molecule has 1 atom stereocenters. The molecule has 0 spiro atoms. The molecule has 2 heterocycles. The SMILES string of the molecule is Cc1cc(C)c2c(CC3CCNC3)c(C)n(C)c2c1. The Morgan fingerprint density at radius 3 is 2.74 bits per heavy atom. The van der Waals surface area contributed by atoms with Crippen molar-refractivity contribution in [1.82, 2.24) is 9.88 Å². The third-order valence-electron chi connectivity index (χ3n) is 4.72. The molecule has 102 valence electrons. The average molecular weight is 256 g/mol. The van der Waals surface area contributed by atoms with E-state index in [1.165, 1.54) is 53.7 Å². The Labute approximate surface area is 115 Å². The molecule has 0 amide bonds. The van der Waals surface area contributed by atoms with Gasteiger partial charge in [-0.1, -0.05) is 6.07 Å². The zero-order valence-corrected chi connectivity index (χ0v) is 12.5. The second-order valence-corrected chi connectivity index (χ2v) is 6.16. The summed E-state index contributed by atoms with van der Waals surface area (Å²) in [6.45, 7) is 9.08. The topological polar surface area (TPSA) is 17.0 Å². The zero-order chi connectivity index (χ0) is 13.6. The maximum absolute atomic E-state index is 3.48. The molecule has 2 heteroatoms. The molecule has 1 fully saturated rings. The van der Waals surface area contributed by atoms with Crippen molar-refractivity contribution < 1.29 is 0 Å². The summed E-state index contributed by atoms with van der Waals surface area (Å²) in [7, 11) is 2.20. The predicted octanol–water partition coefficient (Wildman–Crippen LogP) is 3.26. The molecule has 1 N–H and O–H groups in total. The van der Waals surface area contributed by atoms with Crippen molar-refractivity contribution in [2.75, 3.05) is 13.1 Å². The second-order valence-electron chi connectivity index (χ2n) is 6.16. The van der Waals surface area contributed by atoms with Gasteiger partial charge in [0.05, 0.1) is 0 Å². The van der Waals surface area contributed by atoms with Crippen LogP contribution in [0.5, 0.6) is 0 Å². The van der Waals surface area contributed by atoms with Crippen LogP contribution in [0.4, 0.5) is 0 Å². The first-order valence-electron chi connectivity index (χ1n) is 7.33. The Bertz CT molecular complexity index is 616. The highest BCUT2D eigenvalue weighted by molar-refractivity contribution is 5.89. The molecule has 1 aliphatic rings. The van der Waals surface area contributed by atoms with E-state index >= 15 is 0 Å². The van der Waals surface area contributed by atoms with Crippen LogP contribution < -0.4 is 5.32 Å². The summed E-state index contributed by atoms with van der Waals surface area (Å²) in [5, 5.41) is 4.98. The normalized spacial score (nSPS) is 19.5. The van der Waals surface area contributed by atoms with Gasteiger partial charge in [0.15, 0.2) is 0 Å². The third-order valence-corrected chi connectivity index (χ3v) is 4.72. The number of hydrogen-bond acceptors (Lipinski definition) is 1. The van der Waals surface area contributed by atoms with Crippen LogP contribution in [0.3, 0.4) is 0 Å². The van der Waals surface area contributed by atoms with Crippen LogP contribution in [0.2, 0.25) is 0 Å². The molecule has 3 rings (SSSR count). The largest absolute Gasteiger partial charge is 0.348 e. The number of aryl methyl sites for hydroxylation is 3. The van der Waals surface area contributed by atoms with Crippen molar-refractivity contribution in [3.05, 3.63) is 34.5 Å². The molecule has 1 unspecified atom stereocenters. The maximum atomic E-state index is 3.48. The molecule has 1 aromatic heterocycles. The summed E-state index contributed by atoms with van der Waals surface area (Å²) in [5.74, 6) is 0.810. The lowest BCUT2D eigenvalue weighted by molar-refractivity contribution is 0.579. The van der Waals surface area contributed by atoms with Gasteiger partial charge in [0.25, 0.3) is 0 Å². The molecule has 1 aromatic carbocycles. The second kappa shape index (κ2) is 4.68. The molecule has 2 aromatic rings. The summed E-state index contributed by atoms with van der Waals surface area (Å²) < 4.78 is 2.37. The Hall–Kier alpha value is -1.28. The number of nitrogens with one attached hydrogen (secondary N) is 1. The van der Waals surface area contributed by atoms with E-state index in [0.717, 1.165) is 5.92 Å². The standard InChI is InChI=1S/C17H24N2/c1-11-7-12(2)17-15(9-14-5-6-18-10-14)13(3)19(4)16(17)8-11/h7-8,14,18H,5-6,9-10H2,1-4H3. The minimum absolute atomic E-state index is 0.810. The van der Waals surface area contributed by atoms with Crippen LogP contribution in [0.1, 0.15) is 28.8 Å². The summed E-state index contributed by atoms with van der Waals surface area (Å²) >= 11 is 0. The van der Waals surface area contributed by atoms with Crippen LogP contribution in [0.25, 0.3) is 10.9 Å². The van der Waals surface area contributed by atoms with Crippen LogP contribution in [-0.4, -0.2) is 17.7 Å². The van der Waals surface area contributed by atoms with Gasteiger partial charge in [0.2, 0.25) is 0 Å². The van der Waals surface area contributed by atoms with Crippen molar-refractivity contribution in [3.8, 4) is 0 Å². The summed E-state index contributed by atoms with van der Waals surface area (Å²) in [5.41, 5.74) is 7.20. The highest BCUT2D eigenvalue weighted by atomic mass is 14.9. The summed E-state index contributed by atoms with van der Waals surface area (Å²) in [6.07, 6.45) is 2.54. The lowest BCUT2D eigenvalue weighted by atomic mass is 9.94. The Morgan fingerprint density at radius 2 is 2.05 bits per heavy atom. The number of nitrogens with zero attached hydrogens (tertiary/aromatic N) is 1. The molecule has 1 saturated heterocycles. The van der Waals surface area contributed by atoms with Gasteiger partial charge in [-0.05, 0) is 75.4 Å². The zero-order valence-electron chi connectivity index (χ0n) is 12.5. The van der Waals surface area contributed by atoms with Crippen molar-refractivity contribution in [2.24, 2.45) is 13.0 Å². The molecule has 2 nitrogen and oxygen atoms in total. The molecule has 0 bridgehead atoms. The molecule has 1 aliphatic heterocycles. The van der Waals surface area contributed by atoms with E-state index in [1.807, 2.05) is 0 Å². The number of benzene rings is 1. The number of rotatable bonds is 2. The van der Waals surface area contributed by atoms with Crippen LogP contribution >= 0.6 is 0 Å². The van der Waals surface area contributed by atoms with Crippen LogP contribution in [-0.2, 0) is 13.5 Å². The number of fused-ring (bicyclic) bond motifs is 1. The average Bonchev–Trinajstić information content (AvgIpc) is 2.93. The molecule has 0 aliphatic carbocycles.